The van der Waals surface area contributed by atoms with E-state index >= 15 is 0 Å². The predicted molar refractivity (Wildman–Crippen MR) is 109 cm³/mol. The number of thioether (sulfide) groups is 1. The molecule has 2 aromatic heterocycles. The van der Waals surface area contributed by atoms with E-state index in [1.165, 1.54) is 11.8 Å². The number of fused-ring (bicyclic) bond motifs is 1. The first kappa shape index (κ1) is 17.6. The van der Waals surface area contributed by atoms with Crippen molar-refractivity contribution >= 4 is 40.3 Å². The summed E-state index contributed by atoms with van der Waals surface area (Å²) in [5, 5.41) is 1.22. The van der Waals surface area contributed by atoms with Crippen molar-refractivity contribution in [1.29, 1.82) is 0 Å². The number of nitrogen functional groups attached to an aromatic ring is 1. The highest BCUT2D eigenvalue weighted by Crippen LogP contribution is 2.24. The number of imidazole rings is 1. The Morgan fingerprint density at radius 2 is 1.78 bits per heavy atom. The van der Waals surface area contributed by atoms with E-state index in [9.17, 15) is 4.79 Å². The Labute approximate surface area is 164 Å². The molecule has 0 saturated heterocycles. The lowest BCUT2D eigenvalue weighted by molar-refractivity contribution is 0.771. The van der Waals surface area contributed by atoms with Gasteiger partial charge < -0.3 is 10.7 Å². The fraction of sp³-hybridized carbons (Fsp3) is 0.105. The Bertz CT molecular complexity index is 1140. The van der Waals surface area contributed by atoms with E-state index in [0.29, 0.717) is 33.6 Å². The van der Waals surface area contributed by atoms with Crippen LogP contribution in [0.3, 0.4) is 0 Å². The first-order chi connectivity index (χ1) is 13.1. The van der Waals surface area contributed by atoms with Gasteiger partial charge in [-0.05, 0) is 23.3 Å². The average Bonchev–Trinajstić information content (AvgIpc) is 2.99. The van der Waals surface area contributed by atoms with Crippen molar-refractivity contribution in [3.8, 4) is 0 Å². The quantitative estimate of drug-likeness (QED) is 0.396. The number of halogens is 1. The summed E-state index contributed by atoms with van der Waals surface area (Å²) in [4.78, 5) is 24.0. The maximum absolute atomic E-state index is 12.4. The number of aromatic nitrogens is 4. The Morgan fingerprint density at radius 3 is 2.52 bits per heavy atom. The van der Waals surface area contributed by atoms with E-state index in [4.69, 9.17) is 17.3 Å². The fourth-order valence-corrected chi connectivity index (χ4v) is 3.66. The molecule has 0 atom stereocenters. The maximum Gasteiger partial charge on any atom is 0.328 e. The van der Waals surface area contributed by atoms with Gasteiger partial charge in [0.15, 0.2) is 16.6 Å². The van der Waals surface area contributed by atoms with Crippen LogP contribution in [0.25, 0.3) is 11.2 Å². The van der Waals surface area contributed by atoms with Crippen molar-refractivity contribution in [2.75, 3.05) is 5.73 Å². The molecule has 4 aromatic rings. The molecule has 6 nitrogen and oxygen atoms in total. The second-order valence-electron chi connectivity index (χ2n) is 6.01. The molecule has 0 spiro atoms. The second kappa shape index (κ2) is 7.46. The SMILES string of the molecule is Nc1nc(SCc2ccc(Cl)cc2)nc2c1[nH]c(=O)n2Cc1ccccc1. The zero-order valence-electron chi connectivity index (χ0n) is 14.2. The minimum absolute atomic E-state index is 0.255. The number of hydrogen-bond donors (Lipinski definition) is 2. The average molecular weight is 398 g/mol. The lowest BCUT2D eigenvalue weighted by Gasteiger charge is -2.06. The molecule has 0 unspecified atom stereocenters. The molecular formula is C19H16ClN5OS. The first-order valence-corrected chi connectivity index (χ1v) is 9.64. The lowest BCUT2D eigenvalue weighted by atomic mass is 10.2. The van der Waals surface area contributed by atoms with Gasteiger partial charge >= 0.3 is 5.69 Å². The van der Waals surface area contributed by atoms with Crippen molar-refractivity contribution in [1.82, 2.24) is 19.5 Å². The van der Waals surface area contributed by atoms with Crippen LogP contribution in [0.2, 0.25) is 5.02 Å². The molecule has 4 rings (SSSR count). The van der Waals surface area contributed by atoms with Gasteiger partial charge in [-0.15, -0.1) is 0 Å². The molecule has 0 aliphatic rings. The Balaban J connectivity index is 1.65. The number of aromatic amines is 1. The van der Waals surface area contributed by atoms with E-state index in [2.05, 4.69) is 15.0 Å². The van der Waals surface area contributed by atoms with Crippen LogP contribution in [-0.2, 0) is 12.3 Å². The molecule has 0 radical (unpaired) electrons. The molecule has 2 heterocycles. The van der Waals surface area contributed by atoms with Gasteiger partial charge in [-0.25, -0.2) is 14.8 Å². The molecule has 27 heavy (non-hydrogen) atoms. The lowest BCUT2D eigenvalue weighted by Crippen LogP contribution is -2.17. The van der Waals surface area contributed by atoms with E-state index < -0.39 is 0 Å². The van der Waals surface area contributed by atoms with E-state index in [1.54, 1.807) is 4.57 Å². The van der Waals surface area contributed by atoms with Gasteiger partial charge in [-0.2, -0.15) is 0 Å². The molecule has 3 N–H and O–H groups in total. The maximum atomic E-state index is 12.4. The third-order valence-electron chi connectivity index (χ3n) is 4.09. The minimum Gasteiger partial charge on any atom is -0.382 e. The number of nitrogens with one attached hydrogen (secondary N) is 1. The summed E-state index contributed by atoms with van der Waals surface area (Å²) in [5.74, 6) is 0.942. The summed E-state index contributed by atoms with van der Waals surface area (Å²) in [7, 11) is 0. The third kappa shape index (κ3) is 3.84. The summed E-state index contributed by atoms with van der Waals surface area (Å²) in [6.07, 6.45) is 0. The van der Waals surface area contributed by atoms with Crippen molar-refractivity contribution in [3.63, 3.8) is 0 Å². The van der Waals surface area contributed by atoms with Crippen LogP contribution in [0, 0.1) is 0 Å². The monoisotopic (exact) mass is 397 g/mol. The van der Waals surface area contributed by atoms with Crippen LogP contribution in [-0.4, -0.2) is 19.5 Å². The van der Waals surface area contributed by atoms with E-state index in [0.717, 1.165) is 11.1 Å². The molecule has 0 amide bonds. The summed E-state index contributed by atoms with van der Waals surface area (Å²) in [6.45, 7) is 0.414. The molecule has 0 saturated carbocycles. The van der Waals surface area contributed by atoms with Crippen molar-refractivity contribution in [2.24, 2.45) is 0 Å². The van der Waals surface area contributed by atoms with Gasteiger partial charge in [0.2, 0.25) is 0 Å². The standard InChI is InChI=1S/C19H16ClN5OS/c20-14-8-6-13(7-9-14)11-27-18-23-16(21)15-17(24-18)25(19(26)22-15)10-12-4-2-1-3-5-12/h1-9H,10-11H2,(H,22,26)(H2,21,23,24). The summed E-state index contributed by atoms with van der Waals surface area (Å²) in [6, 6.07) is 17.3. The smallest absolute Gasteiger partial charge is 0.328 e. The normalized spacial score (nSPS) is 11.1. The van der Waals surface area contributed by atoms with E-state index in [1.807, 2.05) is 54.6 Å². The zero-order chi connectivity index (χ0) is 18.8. The van der Waals surface area contributed by atoms with Crippen LogP contribution in [0.4, 0.5) is 5.82 Å². The van der Waals surface area contributed by atoms with Gasteiger partial charge in [0.05, 0.1) is 6.54 Å². The highest BCUT2D eigenvalue weighted by Gasteiger charge is 2.14. The topological polar surface area (TPSA) is 89.6 Å². The molecule has 2 aromatic carbocycles. The van der Waals surface area contributed by atoms with Crippen molar-refractivity contribution in [3.05, 3.63) is 81.2 Å². The molecule has 0 aliphatic heterocycles. The van der Waals surface area contributed by atoms with Gasteiger partial charge in [0, 0.05) is 10.8 Å². The number of rotatable bonds is 5. The molecule has 8 heteroatoms. The van der Waals surface area contributed by atoms with E-state index in [-0.39, 0.29) is 11.5 Å². The number of nitrogens with zero attached hydrogens (tertiary/aromatic N) is 3. The van der Waals surface area contributed by atoms with Crippen LogP contribution in [0.5, 0.6) is 0 Å². The number of anilines is 1. The van der Waals surface area contributed by atoms with Crippen LogP contribution in [0.15, 0.2) is 64.5 Å². The van der Waals surface area contributed by atoms with Gasteiger partial charge in [-0.1, -0.05) is 65.8 Å². The van der Waals surface area contributed by atoms with Crippen molar-refractivity contribution in [2.45, 2.75) is 17.5 Å². The molecule has 0 aliphatic carbocycles. The van der Waals surface area contributed by atoms with Crippen LogP contribution < -0.4 is 11.4 Å². The van der Waals surface area contributed by atoms with Crippen LogP contribution in [0.1, 0.15) is 11.1 Å². The minimum atomic E-state index is -0.255. The van der Waals surface area contributed by atoms with Gasteiger partial charge in [-0.3, -0.25) is 4.57 Å². The molecule has 0 fully saturated rings. The highest BCUT2D eigenvalue weighted by atomic mass is 35.5. The molecule has 136 valence electrons. The number of H-pyrrole nitrogens is 1. The zero-order valence-corrected chi connectivity index (χ0v) is 15.8. The first-order valence-electron chi connectivity index (χ1n) is 8.27. The highest BCUT2D eigenvalue weighted by molar-refractivity contribution is 7.98. The summed E-state index contributed by atoms with van der Waals surface area (Å²) in [5.41, 5.74) is 8.88. The Kier molecular flexibility index (Phi) is 4.87. The Morgan fingerprint density at radius 1 is 1.04 bits per heavy atom. The van der Waals surface area contributed by atoms with Gasteiger partial charge in [0.1, 0.15) is 5.52 Å². The number of hydrogen-bond acceptors (Lipinski definition) is 5. The largest absolute Gasteiger partial charge is 0.382 e. The Hall–Kier alpha value is -2.77. The predicted octanol–water partition coefficient (Wildman–Crippen LogP) is 3.70. The van der Waals surface area contributed by atoms with Crippen molar-refractivity contribution < 1.29 is 0 Å². The third-order valence-corrected chi connectivity index (χ3v) is 5.27. The fourth-order valence-electron chi connectivity index (χ4n) is 2.74. The summed E-state index contributed by atoms with van der Waals surface area (Å²) < 4.78 is 1.58. The number of nitrogens with two attached hydrogens (primary N) is 1. The second-order valence-corrected chi connectivity index (χ2v) is 7.39. The molecular weight excluding hydrogens is 382 g/mol. The van der Waals surface area contributed by atoms with Crippen LogP contribution >= 0.6 is 23.4 Å². The molecule has 0 bridgehead atoms. The summed E-state index contributed by atoms with van der Waals surface area (Å²) >= 11 is 7.38. The van der Waals surface area contributed by atoms with Gasteiger partial charge in [0.25, 0.3) is 0 Å². The number of benzene rings is 2.